The Labute approximate surface area is 221 Å². The average molecular weight is 508 g/mol. The molecular formula is C31H29N3O4. The summed E-state index contributed by atoms with van der Waals surface area (Å²) in [5.41, 5.74) is 7.21. The van der Waals surface area contributed by atoms with Crippen molar-refractivity contribution in [3.63, 3.8) is 0 Å². The van der Waals surface area contributed by atoms with Gasteiger partial charge in [0.2, 0.25) is 5.89 Å². The molecular weight excluding hydrogens is 478 g/mol. The van der Waals surface area contributed by atoms with E-state index in [1.807, 2.05) is 30.3 Å². The Kier molecular flexibility index (Phi) is 6.34. The molecule has 0 radical (unpaired) electrons. The first kappa shape index (κ1) is 24.2. The molecule has 6 rings (SSSR count). The molecule has 0 aliphatic carbocycles. The lowest BCUT2D eigenvalue weighted by molar-refractivity contribution is -0.145. The summed E-state index contributed by atoms with van der Waals surface area (Å²) in [6, 6.07) is 19.4. The molecule has 7 nitrogen and oxygen atoms in total. The number of nitrogens with zero attached hydrogens (tertiary/aromatic N) is 3. The smallest absolute Gasteiger partial charge is 0.320 e. The molecule has 4 aromatic rings. The highest BCUT2D eigenvalue weighted by Gasteiger charge is 2.40. The predicted molar refractivity (Wildman–Crippen MR) is 144 cm³/mol. The van der Waals surface area contributed by atoms with Crippen LogP contribution in [-0.4, -0.2) is 40.2 Å². The Morgan fingerprint density at radius 3 is 2.84 bits per heavy atom. The van der Waals surface area contributed by atoms with Gasteiger partial charge in [-0.3, -0.25) is 9.69 Å². The van der Waals surface area contributed by atoms with Crippen molar-refractivity contribution in [1.29, 1.82) is 5.26 Å². The van der Waals surface area contributed by atoms with Crippen molar-refractivity contribution >= 4 is 17.1 Å². The number of carboxylic acids is 1. The highest BCUT2D eigenvalue weighted by atomic mass is 16.5. The first-order valence-electron chi connectivity index (χ1n) is 13.2. The van der Waals surface area contributed by atoms with Gasteiger partial charge in [0.15, 0.2) is 5.58 Å². The van der Waals surface area contributed by atoms with E-state index < -0.39 is 12.0 Å². The number of hydrogen-bond donors (Lipinski definition) is 1. The van der Waals surface area contributed by atoms with Crippen LogP contribution < -0.4 is 4.74 Å². The summed E-state index contributed by atoms with van der Waals surface area (Å²) in [6.45, 7) is 3.12. The zero-order valence-electron chi connectivity index (χ0n) is 21.3. The molecule has 0 amide bonds. The van der Waals surface area contributed by atoms with Crippen molar-refractivity contribution in [3.05, 3.63) is 71.3 Å². The van der Waals surface area contributed by atoms with E-state index in [2.05, 4.69) is 42.2 Å². The molecule has 2 aliphatic rings. The lowest BCUT2D eigenvalue weighted by Gasteiger charge is -2.41. The zero-order chi connectivity index (χ0) is 26.2. The maximum absolute atomic E-state index is 12.5. The van der Waals surface area contributed by atoms with Crippen LogP contribution in [0, 0.1) is 18.3 Å². The van der Waals surface area contributed by atoms with E-state index in [1.165, 1.54) is 0 Å². The lowest BCUT2D eigenvalue weighted by Crippen LogP contribution is -2.47. The molecule has 2 aliphatic heterocycles. The number of rotatable bonds is 7. The number of benzene rings is 3. The van der Waals surface area contributed by atoms with Crippen molar-refractivity contribution in [2.24, 2.45) is 0 Å². The summed E-state index contributed by atoms with van der Waals surface area (Å²) in [6.07, 6.45) is 3.42. The van der Waals surface area contributed by atoms with Crippen molar-refractivity contribution in [2.75, 3.05) is 13.2 Å². The standard InChI is InChI=1S/C31H29N3O4/c1-19-12-13-21(20-9-3-2-4-10-20)28-27(19)29(34-15-7-5-11-24(34)31(35)36)22-17-23-26(38-30(28)33-23)18-25(22)37-16-8-6-14-32/h2-4,9-10,12-13,17-18,24,29H,5-8,11,15-16H2,1H3,(H,35,36)/t24?,29-/m1/s1. The zero-order valence-corrected chi connectivity index (χ0v) is 21.3. The second-order valence-electron chi connectivity index (χ2n) is 10.1. The van der Waals surface area contributed by atoms with Gasteiger partial charge in [-0.2, -0.15) is 5.26 Å². The van der Waals surface area contributed by atoms with Crippen LogP contribution in [0.5, 0.6) is 5.75 Å². The van der Waals surface area contributed by atoms with Gasteiger partial charge in [0.25, 0.3) is 0 Å². The third kappa shape index (κ3) is 4.11. The van der Waals surface area contributed by atoms with Gasteiger partial charge in [0, 0.05) is 18.1 Å². The van der Waals surface area contributed by atoms with E-state index in [0.717, 1.165) is 51.7 Å². The molecule has 1 unspecified atom stereocenters. The second kappa shape index (κ2) is 9.96. The number of aryl methyl sites for hydroxylation is 1. The van der Waals surface area contributed by atoms with Crippen molar-refractivity contribution in [3.8, 4) is 34.4 Å². The number of aromatic nitrogens is 1. The molecule has 38 heavy (non-hydrogen) atoms. The maximum Gasteiger partial charge on any atom is 0.320 e. The Morgan fingerprint density at radius 2 is 2.05 bits per heavy atom. The highest BCUT2D eigenvalue weighted by Crippen LogP contribution is 2.49. The van der Waals surface area contributed by atoms with Crippen LogP contribution in [0.4, 0.5) is 0 Å². The van der Waals surface area contributed by atoms with E-state index >= 15 is 0 Å². The Balaban J connectivity index is 1.63. The quantitative estimate of drug-likeness (QED) is 0.285. The van der Waals surface area contributed by atoms with E-state index in [9.17, 15) is 9.90 Å². The number of carbonyl (C=O) groups is 1. The fourth-order valence-corrected chi connectivity index (χ4v) is 5.94. The highest BCUT2D eigenvalue weighted by molar-refractivity contribution is 5.89. The summed E-state index contributed by atoms with van der Waals surface area (Å²) in [5.74, 6) is 0.368. The van der Waals surface area contributed by atoms with Crippen LogP contribution in [0.2, 0.25) is 0 Å². The molecule has 192 valence electrons. The van der Waals surface area contributed by atoms with E-state index in [0.29, 0.717) is 49.6 Å². The Hall–Kier alpha value is -4.15. The van der Waals surface area contributed by atoms with E-state index in [1.54, 1.807) is 0 Å². The molecule has 1 fully saturated rings. The first-order valence-corrected chi connectivity index (χ1v) is 13.2. The van der Waals surface area contributed by atoms with Gasteiger partial charge >= 0.3 is 5.97 Å². The number of unbranched alkanes of at least 4 members (excludes halogenated alkanes) is 1. The minimum absolute atomic E-state index is 0.360. The summed E-state index contributed by atoms with van der Waals surface area (Å²) < 4.78 is 12.7. The van der Waals surface area contributed by atoms with Gasteiger partial charge in [-0.05, 0) is 61.1 Å². The minimum atomic E-state index is -0.807. The lowest BCUT2D eigenvalue weighted by atomic mass is 9.83. The molecule has 0 saturated carbocycles. The number of fused-ring (bicyclic) bond motifs is 4. The van der Waals surface area contributed by atoms with Crippen molar-refractivity contribution in [2.45, 2.75) is 51.1 Å². The van der Waals surface area contributed by atoms with Gasteiger partial charge in [0.05, 0.1) is 24.3 Å². The van der Waals surface area contributed by atoms with Crippen molar-refractivity contribution < 1.29 is 19.1 Å². The molecule has 3 heterocycles. The van der Waals surface area contributed by atoms with Gasteiger partial charge in [-0.15, -0.1) is 0 Å². The predicted octanol–water partition coefficient (Wildman–Crippen LogP) is 6.49. The van der Waals surface area contributed by atoms with Crippen LogP contribution in [0.25, 0.3) is 33.7 Å². The molecule has 0 spiro atoms. The van der Waals surface area contributed by atoms with Crippen LogP contribution in [0.1, 0.15) is 54.8 Å². The van der Waals surface area contributed by atoms with Gasteiger partial charge < -0.3 is 14.3 Å². The van der Waals surface area contributed by atoms with E-state index in [-0.39, 0.29) is 6.04 Å². The topological polar surface area (TPSA) is 99.6 Å². The number of likely N-dealkylation sites (tertiary alicyclic amines) is 1. The minimum Gasteiger partial charge on any atom is -0.493 e. The normalized spacial score (nSPS) is 18.6. The fraction of sp³-hybridized carbons (Fsp3) is 0.323. The summed E-state index contributed by atoms with van der Waals surface area (Å²) >= 11 is 0. The largest absolute Gasteiger partial charge is 0.493 e. The van der Waals surface area contributed by atoms with Gasteiger partial charge in [-0.25, -0.2) is 4.98 Å². The Bertz CT molecular complexity index is 1550. The van der Waals surface area contributed by atoms with Crippen molar-refractivity contribution in [1.82, 2.24) is 9.88 Å². The molecule has 1 aromatic heterocycles. The van der Waals surface area contributed by atoms with Crippen LogP contribution in [0.3, 0.4) is 0 Å². The van der Waals surface area contributed by atoms with Crippen LogP contribution in [-0.2, 0) is 4.79 Å². The van der Waals surface area contributed by atoms with Gasteiger partial charge in [0.1, 0.15) is 17.3 Å². The second-order valence-corrected chi connectivity index (χ2v) is 10.1. The Morgan fingerprint density at radius 1 is 1.21 bits per heavy atom. The summed E-state index contributed by atoms with van der Waals surface area (Å²) in [7, 11) is 0. The number of carboxylic acid groups (broad SMARTS) is 1. The third-order valence-electron chi connectivity index (χ3n) is 7.70. The summed E-state index contributed by atoms with van der Waals surface area (Å²) in [4.78, 5) is 19.5. The number of nitriles is 1. The molecule has 1 N–H and O–H groups in total. The number of ether oxygens (including phenoxy) is 1. The molecule has 3 bridgehead atoms. The monoisotopic (exact) mass is 507 g/mol. The van der Waals surface area contributed by atoms with E-state index in [4.69, 9.17) is 19.4 Å². The first-order chi connectivity index (χ1) is 18.6. The van der Waals surface area contributed by atoms with Crippen LogP contribution >= 0.6 is 0 Å². The maximum atomic E-state index is 12.5. The average Bonchev–Trinajstić information content (AvgIpc) is 3.37. The van der Waals surface area contributed by atoms with Crippen LogP contribution in [0.15, 0.2) is 59.0 Å². The number of oxazole rings is 1. The fourth-order valence-electron chi connectivity index (χ4n) is 5.94. The molecule has 7 heteroatoms. The number of piperidine rings is 1. The molecule has 2 atom stereocenters. The SMILES string of the molecule is Cc1ccc(-c2ccccc2)c2c1[C@H](N1CCCCC1C(=O)O)c1cc3nc-2oc3cc1OCCCC#N. The molecule has 1 saturated heterocycles. The third-order valence-corrected chi connectivity index (χ3v) is 7.70. The number of aliphatic carboxylic acids is 1. The number of hydrogen-bond acceptors (Lipinski definition) is 6. The van der Waals surface area contributed by atoms with Gasteiger partial charge in [-0.1, -0.05) is 48.9 Å². The summed E-state index contributed by atoms with van der Waals surface area (Å²) in [5, 5.41) is 19.3. The molecule has 3 aromatic carbocycles.